The van der Waals surface area contributed by atoms with Crippen molar-refractivity contribution in [3.63, 3.8) is 0 Å². The molecular formula is C27H42Cl2FN5O4. The average Bonchev–Trinajstić information content (AvgIpc) is 3.29. The maximum atomic E-state index is 14.9. The van der Waals surface area contributed by atoms with Gasteiger partial charge in [0.1, 0.15) is 11.3 Å². The molecule has 2 saturated heterocycles. The van der Waals surface area contributed by atoms with Crippen LogP contribution in [0.4, 0.5) is 4.39 Å². The van der Waals surface area contributed by atoms with E-state index in [1.54, 1.807) is 23.8 Å². The number of benzene rings is 1. The molecule has 1 N–H and O–H groups in total. The second-order valence-corrected chi connectivity index (χ2v) is 10.4. The zero-order valence-electron chi connectivity index (χ0n) is 23.1. The molecule has 2 atom stereocenters. The van der Waals surface area contributed by atoms with Crippen LogP contribution in [0.25, 0.3) is 11.0 Å². The number of unbranched alkanes of at least 4 members (excludes halogenated alkanes) is 1. The van der Waals surface area contributed by atoms with Gasteiger partial charge in [-0.1, -0.05) is 19.9 Å². The summed E-state index contributed by atoms with van der Waals surface area (Å²) in [5.74, 6) is -0.228. The number of amides is 2. The van der Waals surface area contributed by atoms with Crippen molar-refractivity contribution >= 4 is 47.7 Å². The van der Waals surface area contributed by atoms with Crippen molar-refractivity contribution in [2.75, 3.05) is 59.7 Å². The number of carbonyl (C=O) groups excluding carboxylic acids is 2. The van der Waals surface area contributed by atoms with Gasteiger partial charge in [0.15, 0.2) is 5.82 Å². The van der Waals surface area contributed by atoms with Crippen LogP contribution in [-0.4, -0.2) is 96.9 Å². The van der Waals surface area contributed by atoms with Crippen LogP contribution >= 0.6 is 24.8 Å². The Hall–Kier alpha value is -1.98. The third-order valence-corrected chi connectivity index (χ3v) is 7.15. The highest BCUT2D eigenvalue weighted by Crippen LogP contribution is 2.25. The van der Waals surface area contributed by atoms with Gasteiger partial charge >= 0.3 is 0 Å². The number of piperidine rings is 1. The van der Waals surface area contributed by atoms with Gasteiger partial charge in [-0.3, -0.25) is 9.59 Å². The molecule has 0 bridgehead atoms. The van der Waals surface area contributed by atoms with E-state index in [0.29, 0.717) is 76.5 Å². The van der Waals surface area contributed by atoms with Crippen LogP contribution < -0.4 is 5.32 Å². The van der Waals surface area contributed by atoms with E-state index in [-0.39, 0.29) is 66.1 Å². The Kier molecular flexibility index (Phi) is 13.4. The number of ether oxygens (including phenoxy) is 2. The van der Waals surface area contributed by atoms with Gasteiger partial charge in [0.25, 0.3) is 5.91 Å². The number of hydrogen-bond acceptors (Lipinski definition) is 6. The quantitative estimate of drug-likeness (QED) is 0.427. The molecule has 0 saturated carbocycles. The van der Waals surface area contributed by atoms with E-state index in [4.69, 9.17) is 9.47 Å². The molecule has 9 nitrogen and oxygen atoms in total. The van der Waals surface area contributed by atoms with Gasteiger partial charge in [-0.25, -0.2) is 9.37 Å². The topological polar surface area (TPSA) is 88.9 Å². The molecule has 2 fully saturated rings. The average molecular weight is 591 g/mol. The van der Waals surface area contributed by atoms with E-state index < -0.39 is 0 Å². The summed E-state index contributed by atoms with van der Waals surface area (Å²) in [5, 5.41) is 3.39. The Morgan fingerprint density at radius 3 is 2.64 bits per heavy atom. The zero-order valence-corrected chi connectivity index (χ0v) is 24.7. The molecule has 3 heterocycles. The number of halogens is 3. The van der Waals surface area contributed by atoms with Gasteiger partial charge in [0.05, 0.1) is 24.6 Å². The summed E-state index contributed by atoms with van der Waals surface area (Å²) in [6.07, 6.45) is 2.12. The van der Waals surface area contributed by atoms with Gasteiger partial charge in [0, 0.05) is 59.0 Å². The number of aryl methyl sites for hydroxylation is 1. The highest BCUT2D eigenvalue weighted by molar-refractivity contribution is 5.95. The third kappa shape index (κ3) is 8.04. The number of fused-ring (bicyclic) bond motifs is 1. The van der Waals surface area contributed by atoms with Crippen LogP contribution in [0.3, 0.4) is 0 Å². The second-order valence-electron chi connectivity index (χ2n) is 10.4. The van der Waals surface area contributed by atoms with E-state index in [1.165, 1.54) is 6.07 Å². The Bertz CT molecular complexity index is 1080. The molecular weight excluding hydrogens is 548 g/mol. The first kappa shape index (κ1) is 33.2. The van der Waals surface area contributed by atoms with Gasteiger partial charge in [0.2, 0.25) is 5.91 Å². The maximum absolute atomic E-state index is 14.9. The first-order valence-corrected chi connectivity index (χ1v) is 13.4. The van der Waals surface area contributed by atoms with E-state index in [2.05, 4.69) is 24.1 Å². The molecule has 0 spiro atoms. The normalized spacial score (nSPS) is 19.5. The van der Waals surface area contributed by atoms with E-state index in [9.17, 15) is 14.0 Å². The molecule has 2 aromatic rings. The Balaban J connectivity index is 0.00000267. The Morgan fingerprint density at radius 1 is 1.21 bits per heavy atom. The molecule has 12 heteroatoms. The summed E-state index contributed by atoms with van der Waals surface area (Å²) in [5.41, 5.74) is 0.830. The van der Waals surface area contributed by atoms with Gasteiger partial charge < -0.3 is 29.2 Å². The van der Waals surface area contributed by atoms with E-state index in [0.717, 1.165) is 12.8 Å². The first-order chi connectivity index (χ1) is 17.9. The number of nitrogens with one attached hydrogen (secondary N) is 1. The predicted molar refractivity (Wildman–Crippen MR) is 153 cm³/mol. The van der Waals surface area contributed by atoms with Crippen LogP contribution in [0, 0.1) is 17.7 Å². The number of para-hydroxylation sites is 1. The summed E-state index contributed by atoms with van der Waals surface area (Å²) in [6.45, 7) is 9.27. The lowest BCUT2D eigenvalue weighted by atomic mass is 9.92. The van der Waals surface area contributed by atoms with Crippen molar-refractivity contribution in [3.8, 4) is 0 Å². The van der Waals surface area contributed by atoms with Crippen molar-refractivity contribution in [1.82, 2.24) is 24.7 Å². The number of methoxy groups -OCH3 is 1. The lowest BCUT2D eigenvalue weighted by molar-refractivity contribution is -0.140. The molecule has 1 aromatic heterocycles. The highest BCUT2D eigenvalue weighted by atomic mass is 35.5. The summed E-state index contributed by atoms with van der Waals surface area (Å²) >= 11 is 0. The van der Waals surface area contributed by atoms with Crippen LogP contribution in [-0.2, 0) is 20.8 Å². The number of carbonyl (C=O) groups is 2. The second kappa shape index (κ2) is 15.7. The lowest BCUT2D eigenvalue weighted by Gasteiger charge is -2.40. The summed E-state index contributed by atoms with van der Waals surface area (Å²) < 4.78 is 27.2. The number of imidazole rings is 1. The predicted octanol–water partition coefficient (Wildman–Crippen LogP) is 3.38. The third-order valence-electron chi connectivity index (χ3n) is 7.15. The van der Waals surface area contributed by atoms with Crippen LogP contribution in [0.1, 0.15) is 43.7 Å². The fourth-order valence-corrected chi connectivity index (χ4v) is 5.35. The van der Waals surface area contributed by atoms with Crippen LogP contribution in [0.2, 0.25) is 0 Å². The maximum Gasteiger partial charge on any atom is 0.290 e. The molecule has 0 radical (unpaired) electrons. The number of morpholine rings is 1. The van der Waals surface area contributed by atoms with E-state index >= 15 is 0 Å². The summed E-state index contributed by atoms with van der Waals surface area (Å²) in [7, 11) is 1.65. The SMILES string of the molecule is COCCCCn1c(C(=O)N(CC(C)C)[C@@H]2CNC[C@H](C(=O)N3CCOCC3)C2)nc2cccc(F)c21.Cl.Cl. The van der Waals surface area contributed by atoms with Crippen molar-refractivity contribution < 1.29 is 23.5 Å². The van der Waals surface area contributed by atoms with Gasteiger partial charge in [-0.15, -0.1) is 24.8 Å². The smallest absolute Gasteiger partial charge is 0.290 e. The Morgan fingerprint density at radius 2 is 1.95 bits per heavy atom. The monoisotopic (exact) mass is 589 g/mol. The number of aromatic nitrogens is 2. The minimum atomic E-state index is -0.387. The van der Waals surface area contributed by atoms with Crippen LogP contribution in [0.5, 0.6) is 0 Å². The number of rotatable bonds is 10. The zero-order chi connectivity index (χ0) is 26.4. The van der Waals surface area contributed by atoms with Crippen molar-refractivity contribution in [1.29, 1.82) is 0 Å². The molecule has 0 unspecified atom stereocenters. The Labute approximate surface area is 242 Å². The molecule has 2 aliphatic heterocycles. The molecule has 1 aromatic carbocycles. The fraction of sp³-hybridized carbons (Fsp3) is 0.667. The molecule has 220 valence electrons. The largest absolute Gasteiger partial charge is 0.385 e. The fourth-order valence-electron chi connectivity index (χ4n) is 5.35. The lowest BCUT2D eigenvalue weighted by Crippen LogP contribution is -2.56. The number of hydrogen-bond donors (Lipinski definition) is 1. The highest BCUT2D eigenvalue weighted by Gasteiger charge is 2.37. The minimum Gasteiger partial charge on any atom is -0.385 e. The first-order valence-electron chi connectivity index (χ1n) is 13.4. The van der Waals surface area contributed by atoms with Gasteiger partial charge in [-0.05, 0) is 37.3 Å². The standard InChI is InChI=1S/C27H40FN5O4.2ClH/c1-19(2)18-33(21-15-20(16-29-17-21)26(34)31-10-13-37-14-11-31)27(35)25-30-23-8-6-7-22(28)24(23)32(25)9-4-5-12-36-3;;/h6-8,19-21,29H,4-5,9-18H2,1-3H3;2*1H/t20-,21+;;/m1../s1. The molecule has 39 heavy (non-hydrogen) atoms. The van der Waals surface area contributed by atoms with Crippen molar-refractivity contribution in [2.24, 2.45) is 11.8 Å². The van der Waals surface area contributed by atoms with Crippen molar-refractivity contribution in [2.45, 2.75) is 45.7 Å². The molecule has 2 aliphatic rings. The minimum absolute atomic E-state index is 0. The van der Waals surface area contributed by atoms with Crippen LogP contribution in [0.15, 0.2) is 18.2 Å². The molecule has 0 aliphatic carbocycles. The van der Waals surface area contributed by atoms with Crippen molar-refractivity contribution in [3.05, 3.63) is 29.8 Å². The van der Waals surface area contributed by atoms with Gasteiger partial charge in [-0.2, -0.15) is 0 Å². The molecule has 2 amide bonds. The van der Waals surface area contributed by atoms with E-state index in [1.807, 2.05) is 9.80 Å². The summed E-state index contributed by atoms with van der Waals surface area (Å²) in [6, 6.07) is 4.60. The number of nitrogens with zero attached hydrogens (tertiary/aromatic N) is 4. The molecule has 4 rings (SSSR count). The summed E-state index contributed by atoms with van der Waals surface area (Å²) in [4.78, 5) is 35.7.